The molecule has 0 saturated heterocycles. The van der Waals surface area contributed by atoms with Gasteiger partial charge in [0.25, 0.3) is 5.91 Å². The van der Waals surface area contributed by atoms with E-state index in [2.05, 4.69) is 28.3 Å². The Balaban J connectivity index is 1.99. The molecule has 0 saturated carbocycles. The van der Waals surface area contributed by atoms with Crippen molar-refractivity contribution in [3.05, 3.63) is 53.5 Å². The quantitative estimate of drug-likeness (QED) is 0.854. The summed E-state index contributed by atoms with van der Waals surface area (Å²) in [5.41, 5.74) is 2.65. The minimum absolute atomic E-state index is 0.181. The molecule has 5 heteroatoms. The number of unbranched alkanes of at least 4 members (excludes halogenated alkanes) is 1. The minimum atomic E-state index is -0.181. The lowest BCUT2D eigenvalue weighted by molar-refractivity contribution is 0.0945. The number of nitrogens with one attached hydrogen (secondary N) is 1. The van der Waals surface area contributed by atoms with Crippen LogP contribution in [0.25, 0.3) is 0 Å². The fourth-order valence-corrected chi connectivity index (χ4v) is 2.28. The molecule has 2 aromatic rings. The first kappa shape index (κ1) is 16.9. The summed E-state index contributed by atoms with van der Waals surface area (Å²) in [6, 6.07) is 9.82. The number of rotatable bonds is 7. The summed E-state index contributed by atoms with van der Waals surface area (Å²) in [5, 5.41) is 2.90. The average Bonchev–Trinajstić information content (AvgIpc) is 2.57. The Kier molecular flexibility index (Phi) is 6.09. The second-order valence-electron chi connectivity index (χ2n) is 5.71. The van der Waals surface area contributed by atoms with Gasteiger partial charge in [0.05, 0.1) is 0 Å². The van der Waals surface area contributed by atoms with Gasteiger partial charge in [0.2, 0.25) is 0 Å². The largest absolute Gasteiger partial charge is 0.360 e. The topological polar surface area (TPSA) is 58.1 Å². The summed E-state index contributed by atoms with van der Waals surface area (Å²) < 4.78 is 0. The van der Waals surface area contributed by atoms with Crippen molar-refractivity contribution in [2.75, 3.05) is 18.5 Å². The maximum absolute atomic E-state index is 12.3. The number of hydrogen-bond donors (Lipinski definition) is 1. The van der Waals surface area contributed by atoms with Gasteiger partial charge in [-0.25, -0.2) is 9.97 Å². The van der Waals surface area contributed by atoms with E-state index in [0.717, 1.165) is 30.8 Å². The predicted octanol–water partition coefficient (Wildman–Crippen LogP) is 2.95. The molecule has 0 spiro atoms. The van der Waals surface area contributed by atoms with Gasteiger partial charge in [-0.2, -0.15) is 0 Å². The maximum Gasteiger partial charge on any atom is 0.270 e. The van der Waals surface area contributed by atoms with E-state index in [0.29, 0.717) is 12.2 Å². The van der Waals surface area contributed by atoms with E-state index in [4.69, 9.17) is 0 Å². The monoisotopic (exact) mass is 312 g/mol. The van der Waals surface area contributed by atoms with Crippen molar-refractivity contribution in [1.82, 2.24) is 15.3 Å². The van der Waals surface area contributed by atoms with Gasteiger partial charge in [-0.3, -0.25) is 4.79 Å². The molecule has 0 atom stereocenters. The molecule has 0 bridgehead atoms. The minimum Gasteiger partial charge on any atom is -0.360 e. The Morgan fingerprint density at radius 2 is 2.09 bits per heavy atom. The van der Waals surface area contributed by atoms with Crippen LogP contribution in [0.4, 0.5) is 5.82 Å². The van der Waals surface area contributed by atoms with Crippen molar-refractivity contribution in [3.63, 3.8) is 0 Å². The lowest BCUT2D eigenvalue weighted by Crippen LogP contribution is -2.25. The van der Waals surface area contributed by atoms with Crippen molar-refractivity contribution < 1.29 is 4.79 Å². The SMILES string of the molecule is CCCCN(C)c1cc(C(=O)NCc2cccc(C)c2)ncn1. The first-order chi connectivity index (χ1) is 11.1. The Labute approximate surface area is 137 Å². The van der Waals surface area contributed by atoms with Crippen molar-refractivity contribution in [1.29, 1.82) is 0 Å². The fraction of sp³-hybridized carbons (Fsp3) is 0.389. The molecule has 2 rings (SSSR count). The lowest BCUT2D eigenvalue weighted by atomic mass is 10.1. The summed E-state index contributed by atoms with van der Waals surface area (Å²) in [6.45, 7) is 5.59. The first-order valence-corrected chi connectivity index (χ1v) is 7.97. The molecule has 0 radical (unpaired) electrons. The third-order valence-corrected chi connectivity index (χ3v) is 3.66. The van der Waals surface area contributed by atoms with Crippen LogP contribution in [0.2, 0.25) is 0 Å². The summed E-state index contributed by atoms with van der Waals surface area (Å²) in [6.07, 6.45) is 3.66. The number of aryl methyl sites for hydroxylation is 1. The fourth-order valence-electron chi connectivity index (χ4n) is 2.28. The number of nitrogens with zero attached hydrogens (tertiary/aromatic N) is 3. The molecular weight excluding hydrogens is 288 g/mol. The number of carbonyl (C=O) groups excluding carboxylic acids is 1. The van der Waals surface area contributed by atoms with Crippen LogP contribution >= 0.6 is 0 Å². The number of amides is 1. The first-order valence-electron chi connectivity index (χ1n) is 7.97. The van der Waals surface area contributed by atoms with Crippen LogP contribution in [0.15, 0.2) is 36.7 Å². The van der Waals surface area contributed by atoms with E-state index in [-0.39, 0.29) is 5.91 Å². The van der Waals surface area contributed by atoms with E-state index in [1.54, 1.807) is 6.07 Å². The van der Waals surface area contributed by atoms with Crippen LogP contribution in [0.5, 0.6) is 0 Å². The molecule has 1 N–H and O–H groups in total. The molecular formula is C18H24N4O. The molecule has 23 heavy (non-hydrogen) atoms. The zero-order chi connectivity index (χ0) is 16.7. The van der Waals surface area contributed by atoms with Gasteiger partial charge in [-0.05, 0) is 18.9 Å². The summed E-state index contributed by atoms with van der Waals surface area (Å²) in [5.74, 6) is 0.591. The molecule has 1 aromatic heterocycles. The Bertz CT molecular complexity index is 657. The van der Waals surface area contributed by atoms with E-state index in [1.165, 1.54) is 11.9 Å². The van der Waals surface area contributed by atoms with Crippen LogP contribution < -0.4 is 10.2 Å². The molecule has 1 aromatic carbocycles. The summed E-state index contributed by atoms with van der Waals surface area (Å²) in [7, 11) is 1.98. The number of anilines is 1. The van der Waals surface area contributed by atoms with Gasteiger partial charge in [0, 0.05) is 26.2 Å². The van der Waals surface area contributed by atoms with Crippen molar-refractivity contribution in [2.24, 2.45) is 0 Å². The number of hydrogen-bond acceptors (Lipinski definition) is 4. The highest BCUT2D eigenvalue weighted by molar-refractivity contribution is 5.92. The third-order valence-electron chi connectivity index (χ3n) is 3.66. The second-order valence-corrected chi connectivity index (χ2v) is 5.71. The predicted molar refractivity (Wildman–Crippen MR) is 92.6 cm³/mol. The molecule has 1 amide bonds. The average molecular weight is 312 g/mol. The highest BCUT2D eigenvalue weighted by atomic mass is 16.1. The number of aromatic nitrogens is 2. The van der Waals surface area contributed by atoms with Gasteiger partial charge in [0.15, 0.2) is 0 Å². The zero-order valence-corrected chi connectivity index (χ0v) is 14.0. The maximum atomic E-state index is 12.3. The van der Waals surface area contributed by atoms with Crippen LogP contribution in [-0.4, -0.2) is 29.5 Å². The highest BCUT2D eigenvalue weighted by Crippen LogP contribution is 2.10. The summed E-state index contributed by atoms with van der Waals surface area (Å²) in [4.78, 5) is 22.6. The van der Waals surface area contributed by atoms with Crippen LogP contribution in [0, 0.1) is 6.92 Å². The standard InChI is InChI=1S/C18H24N4O/c1-4-5-9-22(3)17-11-16(20-13-21-17)18(23)19-12-15-8-6-7-14(2)10-15/h6-8,10-11,13H,4-5,9,12H2,1-3H3,(H,19,23). The van der Waals surface area contributed by atoms with Crippen molar-refractivity contribution in [3.8, 4) is 0 Å². The van der Waals surface area contributed by atoms with E-state index in [1.807, 2.05) is 37.1 Å². The Morgan fingerprint density at radius 3 is 2.83 bits per heavy atom. The van der Waals surface area contributed by atoms with Gasteiger partial charge >= 0.3 is 0 Å². The van der Waals surface area contributed by atoms with Crippen LogP contribution in [0.1, 0.15) is 41.4 Å². The van der Waals surface area contributed by atoms with Crippen molar-refractivity contribution >= 4 is 11.7 Å². The molecule has 0 aliphatic rings. The molecule has 0 aliphatic carbocycles. The van der Waals surface area contributed by atoms with Gasteiger partial charge in [0.1, 0.15) is 17.8 Å². The van der Waals surface area contributed by atoms with Crippen molar-refractivity contribution in [2.45, 2.75) is 33.2 Å². The van der Waals surface area contributed by atoms with E-state index in [9.17, 15) is 4.79 Å². The molecule has 122 valence electrons. The molecule has 0 unspecified atom stereocenters. The van der Waals surface area contributed by atoms with Gasteiger partial charge in [-0.1, -0.05) is 43.2 Å². The lowest BCUT2D eigenvalue weighted by Gasteiger charge is -2.17. The third kappa shape index (κ3) is 5.06. The number of benzene rings is 1. The molecule has 0 aliphatic heterocycles. The normalized spacial score (nSPS) is 10.4. The summed E-state index contributed by atoms with van der Waals surface area (Å²) >= 11 is 0. The zero-order valence-electron chi connectivity index (χ0n) is 14.0. The Morgan fingerprint density at radius 1 is 1.26 bits per heavy atom. The van der Waals surface area contributed by atoms with E-state index < -0.39 is 0 Å². The van der Waals surface area contributed by atoms with Crippen LogP contribution in [0.3, 0.4) is 0 Å². The number of carbonyl (C=O) groups is 1. The van der Waals surface area contributed by atoms with Crippen LogP contribution in [-0.2, 0) is 6.54 Å². The molecule has 1 heterocycles. The van der Waals surface area contributed by atoms with Gasteiger partial charge in [-0.15, -0.1) is 0 Å². The second kappa shape index (κ2) is 8.27. The molecule has 0 fully saturated rings. The van der Waals surface area contributed by atoms with E-state index >= 15 is 0 Å². The molecule has 5 nitrogen and oxygen atoms in total. The smallest absolute Gasteiger partial charge is 0.270 e. The Hall–Kier alpha value is -2.43. The van der Waals surface area contributed by atoms with Gasteiger partial charge < -0.3 is 10.2 Å². The highest BCUT2D eigenvalue weighted by Gasteiger charge is 2.10.